The summed E-state index contributed by atoms with van der Waals surface area (Å²) in [5, 5.41) is 0. The van der Waals surface area contributed by atoms with Crippen LogP contribution in [0, 0.1) is 0 Å². The van der Waals surface area contributed by atoms with Gasteiger partial charge in [0.15, 0.2) is 5.78 Å². The number of ether oxygens (including phenoxy) is 1. The minimum atomic E-state index is -1.12. The first-order chi connectivity index (χ1) is 16.0. The number of ketones is 1. The highest BCUT2D eigenvalue weighted by Gasteiger charge is 2.50. The molecule has 6 nitrogen and oxygen atoms in total. The average Bonchev–Trinajstić information content (AvgIpc) is 2.87. The summed E-state index contributed by atoms with van der Waals surface area (Å²) < 4.78 is 5.50. The lowest BCUT2D eigenvalue weighted by atomic mass is 9.84. The number of hydrogen-bond donors (Lipinski definition) is 0. The van der Waals surface area contributed by atoms with Crippen molar-refractivity contribution in [3.05, 3.63) is 66.2 Å². The van der Waals surface area contributed by atoms with Crippen molar-refractivity contribution in [3.63, 3.8) is 0 Å². The molecule has 0 radical (unpaired) electrons. The molecular weight excluding hydrogens is 416 g/mol. The number of anilines is 1. The first kappa shape index (κ1) is 24.6. The lowest BCUT2D eigenvalue weighted by Crippen LogP contribution is -2.63. The van der Waals surface area contributed by atoms with Crippen LogP contribution in [0.2, 0.25) is 0 Å². The molecule has 0 spiro atoms. The van der Waals surface area contributed by atoms with Crippen LogP contribution in [0.25, 0.3) is 0 Å². The summed E-state index contributed by atoms with van der Waals surface area (Å²) in [5.74, 6) is -0.748. The highest BCUT2D eigenvalue weighted by atomic mass is 16.5. The van der Waals surface area contributed by atoms with Gasteiger partial charge in [-0.2, -0.15) is 0 Å². The van der Waals surface area contributed by atoms with Gasteiger partial charge in [-0.3, -0.25) is 14.5 Å². The number of carbonyl (C=O) groups excluding carboxylic acids is 3. The largest absolute Gasteiger partial charge is 0.456 e. The third kappa shape index (κ3) is 6.08. The zero-order valence-electron chi connectivity index (χ0n) is 19.7. The maximum absolute atomic E-state index is 13.5. The van der Waals surface area contributed by atoms with Crippen molar-refractivity contribution in [3.8, 4) is 0 Å². The monoisotopic (exact) mass is 450 g/mol. The molecule has 2 aromatic carbocycles. The highest BCUT2D eigenvalue weighted by molar-refractivity contribution is 6.02. The second kappa shape index (κ2) is 11.8. The number of carbonyl (C=O) groups is 3. The second-order valence-corrected chi connectivity index (χ2v) is 8.50. The molecule has 33 heavy (non-hydrogen) atoms. The predicted molar refractivity (Wildman–Crippen MR) is 129 cm³/mol. The lowest BCUT2D eigenvalue weighted by molar-refractivity contribution is -0.156. The summed E-state index contributed by atoms with van der Waals surface area (Å²) in [7, 11) is 0. The van der Waals surface area contributed by atoms with Gasteiger partial charge in [-0.25, -0.2) is 4.79 Å². The standard InChI is InChI=1S/C27H34N2O4/c1-3-24(30)21-33-26(32)27(29(25(31)4-2)23-13-9-6-10-14-23)16-19-28(20-17-27)18-15-22-11-7-5-8-12-22/h5-14H,3-4,15-21H2,1-2H3. The molecule has 6 heteroatoms. The third-order valence-corrected chi connectivity index (χ3v) is 6.38. The van der Waals surface area contributed by atoms with Crippen LogP contribution in [0.15, 0.2) is 60.7 Å². The van der Waals surface area contributed by atoms with Crippen LogP contribution in [0.1, 0.15) is 45.1 Å². The van der Waals surface area contributed by atoms with Gasteiger partial charge >= 0.3 is 5.97 Å². The van der Waals surface area contributed by atoms with Gasteiger partial charge in [0.1, 0.15) is 12.1 Å². The fraction of sp³-hybridized carbons (Fsp3) is 0.444. The van der Waals surface area contributed by atoms with Crippen molar-refractivity contribution in [2.24, 2.45) is 0 Å². The number of amides is 1. The van der Waals surface area contributed by atoms with E-state index in [-0.39, 0.29) is 24.7 Å². The van der Waals surface area contributed by atoms with Crippen molar-refractivity contribution in [1.29, 1.82) is 0 Å². The van der Waals surface area contributed by atoms with Gasteiger partial charge < -0.3 is 9.64 Å². The highest BCUT2D eigenvalue weighted by Crippen LogP contribution is 2.35. The Hall–Kier alpha value is -2.99. The topological polar surface area (TPSA) is 66.9 Å². The number of nitrogens with zero attached hydrogens (tertiary/aromatic N) is 2. The molecule has 1 aliphatic heterocycles. The normalized spacial score (nSPS) is 15.6. The molecule has 1 amide bonds. The third-order valence-electron chi connectivity index (χ3n) is 6.38. The molecule has 0 bridgehead atoms. The van der Waals surface area contributed by atoms with E-state index in [2.05, 4.69) is 17.0 Å². The van der Waals surface area contributed by atoms with Gasteiger partial charge in [-0.1, -0.05) is 62.4 Å². The van der Waals surface area contributed by atoms with Crippen LogP contribution >= 0.6 is 0 Å². The van der Waals surface area contributed by atoms with Crippen molar-refractivity contribution < 1.29 is 19.1 Å². The van der Waals surface area contributed by atoms with Crippen molar-refractivity contribution >= 4 is 23.3 Å². The van der Waals surface area contributed by atoms with Gasteiger partial charge in [0.25, 0.3) is 0 Å². The minimum Gasteiger partial charge on any atom is -0.456 e. The van der Waals surface area contributed by atoms with Crippen molar-refractivity contribution in [2.45, 2.75) is 51.5 Å². The molecule has 0 unspecified atom stereocenters. The second-order valence-electron chi connectivity index (χ2n) is 8.50. The first-order valence-corrected chi connectivity index (χ1v) is 11.8. The van der Waals surface area contributed by atoms with E-state index in [1.54, 1.807) is 18.7 Å². The quantitative estimate of drug-likeness (QED) is 0.512. The van der Waals surface area contributed by atoms with Crippen LogP contribution in [0.3, 0.4) is 0 Å². The number of Topliss-reactive ketones (excluding diaryl/α,β-unsaturated/α-hetero) is 1. The summed E-state index contributed by atoms with van der Waals surface area (Å²) in [4.78, 5) is 42.4. The van der Waals surface area contributed by atoms with Crippen molar-refractivity contribution in [2.75, 3.05) is 31.1 Å². The van der Waals surface area contributed by atoms with Gasteiger partial charge in [-0.05, 0) is 37.0 Å². The number of rotatable bonds is 10. The Balaban J connectivity index is 1.82. The minimum absolute atomic E-state index is 0.127. The number of piperidine rings is 1. The van der Waals surface area contributed by atoms with Crippen LogP contribution in [0.5, 0.6) is 0 Å². The van der Waals surface area contributed by atoms with Crippen LogP contribution in [-0.4, -0.2) is 54.3 Å². The molecule has 0 saturated carbocycles. The van der Waals surface area contributed by atoms with Crippen LogP contribution in [0.4, 0.5) is 5.69 Å². The van der Waals surface area contributed by atoms with E-state index in [1.165, 1.54) is 5.56 Å². The van der Waals surface area contributed by atoms with E-state index >= 15 is 0 Å². The Morgan fingerprint density at radius 1 is 0.909 bits per heavy atom. The molecule has 1 heterocycles. The maximum atomic E-state index is 13.5. The number of likely N-dealkylation sites (tertiary alicyclic amines) is 1. The number of para-hydroxylation sites is 1. The molecule has 176 valence electrons. The predicted octanol–water partition coefficient (Wildman–Crippen LogP) is 4.03. The summed E-state index contributed by atoms with van der Waals surface area (Å²) in [6, 6.07) is 19.6. The van der Waals surface area contributed by atoms with Crippen LogP contribution < -0.4 is 4.90 Å². The zero-order valence-corrected chi connectivity index (χ0v) is 19.7. The van der Waals surface area contributed by atoms with Crippen molar-refractivity contribution in [1.82, 2.24) is 4.90 Å². The van der Waals surface area contributed by atoms with E-state index in [9.17, 15) is 14.4 Å². The summed E-state index contributed by atoms with van der Waals surface area (Å²) in [6.07, 6.45) is 2.43. The fourth-order valence-corrected chi connectivity index (χ4v) is 4.34. The summed E-state index contributed by atoms with van der Waals surface area (Å²) >= 11 is 0. The Labute approximate surface area is 196 Å². The summed E-state index contributed by atoms with van der Waals surface area (Å²) in [6.45, 7) is 5.52. The lowest BCUT2D eigenvalue weighted by Gasteiger charge is -2.46. The average molecular weight is 451 g/mol. The molecule has 0 aromatic heterocycles. The molecule has 1 fully saturated rings. The van der Waals surface area contributed by atoms with Gasteiger partial charge in [0.2, 0.25) is 5.91 Å². The molecule has 1 saturated heterocycles. The molecule has 3 rings (SSSR count). The zero-order chi connectivity index (χ0) is 23.7. The molecule has 2 aromatic rings. The molecular formula is C27H34N2O4. The van der Waals surface area contributed by atoms with E-state index in [0.717, 1.165) is 13.0 Å². The van der Waals surface area contributed by atoms with Crippen LogP contribution in [-0.2, 0) is 25.5 Å². The smallest absolute Gasteiger partial charge is 0.332 e. The Morgan fingerprint density at radius 3 is 2.09 bits per heavy atom. The van der Waals surface area contributed by atoms with Gasteiger partial charge in [0.05, 0.1) is 0 Å². The Morgan fingerprint density at radius 2 is 1.52 bits per heavy atom. The molecule has 0 N–H and O–H groups in total. The molecule has 0 atom stereocenters. The number of esters is 1. The van der Waals surface area contributed by atoms with E-state index in [1.807, 2.05) is 48.5 Å². The molecule has 1 aliphatic rings. The molecule has 0 aliphatic carbocycles. The fourth-order valence-electron chi connectivity index (χ4n) is 4.34. The van der Waals surface area contributed by atoms with E-state index < -0.39 is 11.5 Å². The van der Waals surface area contributed by atoms with E-state index in [4.69, 9.17) is 4.74 Å². The Kier molecular flexibility index (Phi) is 8.78. The van der Waals surface area contributed by atoms with Gasteiger partial charge in [0, 0.05) is 38.2 Å². The van der Waals surface area contributed by atoms with E-state index in [0.29, 0.717) is 38.0 Å². The number of hydrogen-bond acceptors (Lipinski definition) is 5. The maximum Gasteiger partial charge on any atom is 0.332 e. The van der Waals surface area contributed by atoms with Gasteiger partial charge in [-0.15, -0.1) is 0 Å². The first-order valence-electron chi connectivity index (χ1n) is 11.8. The summed E-state index contributed by atoms with van der Waals surface area (Å²) in [5.41, 5.74) is 0.839. The SMILES string of the molecule is CCC(=O)COC(=O)C1(N(C(=O)CC)c2ccccc2)CCN(CCc2ccccc2)CC1. The number of benzene rings is 2. The Bertz CT molecular complexity index is 922.